The Morgan fingerprint density at radius 2 is 1.48 bits per heavy atom. The van der Waals surface area contributed by atoms with E-state index in [0.717, 1.165) is 38.9 Å². The second kappa shape index (κ2) is 10.7. The first-order valence-corrected chi connectivity index (χ1v) is 11.4. The van der Waals surface area contributed by atoms with Crippen LogP contribution in [-0.2, 0) is 12.0 Å². The second-order valence-corrected chi connectivity index (χ2v) is 10.2. The average molecular weight is 425 g/mol. The van der Waals surface area contributed by atoms with Crippen LogP contribution in [0.3, 0.4) is 0 Å². The van der Waals surface area contributed by atoms with Crippen molar-refractivity contribution in [1.82, 2.24) is 0 Å². The minimum atomic E-state index is 0. The van der Waals surface area contributed by atoms with Crippen LogP contribution in [0.1, 0.15) is 58.9 Å². The van der Waals surface area contributed by atoms with Gasteiger partial charge >= 0.3 is 0 Å². The molecule has 0 bridgehead atoms. The van der Waals surface area contributed by atoms with E-state index < -0.39 is 0 Å². The minimum absolute atomic E-state index is 0. The third-order valence-corrected chi connectivity index (χ3v) is 6.63. The standard InChI is InChI=1S/C27H31O2P.Li/c1-18-16-23(29-17-21-10-8-7-9-11-21)12-13-24(18)30-26(28)25-19(2)14-22(15-20(25)3)27(4,5)6;/h7-16,30H,17H2,1-6H3;. The van der Waals surface area contributed by atoms with Gasteiger partial charge in [-0.05, 0) is 80.0 Å². The third-order valence-electron chi connectivity index (χ3n) is 5.32. The maximum absolute atomic E-state index is 13.1. The van der Waals surface area contributed by atoms with Crippen LogP contribution in [0, 0.1) is 20.8 Å². The first-order chi connectivity index (χ1) is 14.1. The molecule has 0 heterocycles. The molecule has 0 aliphatic carbocycles. The Balaban J connectivity index is 0.00000341. The monoisotopic (exact) mass is 425 g/mol. The molecule has 157 valence electrons. The normalized spacial score (nSPS) is 11.4. The number of carbonyl (C=O) groups excluding carboxylic acids is 1. The van der Waals surface area contributed by atoms with Crippen molar-refractivity contribution in [3.63, 3.8) is 0 Å². The molecule has 0 saturated carbocycles. The van der Waals surface area contributed by atoms with Crippen LogP contribution in [0.4, 0.5) is 0 Å². The summed E-state index contributed by atoms with van der Waals surface area (Å²) in [6.45, 7) is 13.3. The number of ether oxygens (including phenoxy) is 1. The van der Waals surface area contributed by atoms with E-state index >= 15 is 0 Å². The molecule has 3 aromatic carbocycles. The van der Waals surface area contributed by atoms with Gasteiger partial charge in [-0.25, -0.2) is 0 Å². The average Bonchev–Trinajstić information content (AvgIpc) is 2.68. The molecule has 0 spiro atoms. The summed E-state index contributed by atoms with van der Waals surface area (Å²) in [5.74, 6) is 0.833. The Bertz CT molecular complexity index is 1030. The molecule has 1 radical (unpaired) electrons. The third kappa shape index (κ3) is 6.57. The van der Waals surface area contributed by atoms with E-state index in [2.05, 4.69) is 45.0 Å². The Morgan fingerprint density at radius 3 is 2.03 bits per heavy atom. The van der Waals surface area contributed by atoms with Crippen molar-refractivity contribution in [2.24, 2.45) is 0 Å². The van der Waals surface area contributed by atoms with Gasteiger partial charge in [0.25, 0.3) is 0 Å². The van der Waals surface area contributed by atoms with Gasteiger partial charge in [-0.2, -0.15) is 0 Å². The molecule has 0 saturated heterocycles. The summed E-state index contributed by atoms with van der Waals surface area (Å²) in [5, 5.41) is 1.07. The molecule has 31 heavy (non-hydrogen) atoms. The van der Waals surface area contributed by atoms with Gasteiger partial charge in [-0.1, -0.05) is 69.3 Å². The molecular weight excluding hydrogens is 394 g/mol. The molecule has 3 aromatic rings. The molecule has 4 heteroatoms. The number of aryl methyl sites for hydroxylation is 3. The van der Waals surface area contributed by atoms with Crippen molar-refractivity contribution in [3.8, 4) is 5.75 Å². The molecule has 0 N–H and O–H groups in total. The second-order valence-electron chi connectivity index (χ2n) is 8.94. The topological polar surface area (TPSA) is 26.3 Å². The van der Waals surface area contributed by atoms with Crippen LogP contribution < -0.4 is 10.0 Å². The van der Waals surface area contributed by atoms with Gasteiger partial charge < -0.3 is 4.74 Å². The van der Waals surface area contributed by atoms with Gasteiger partial charge in [-0.3, -0.25) is 4.79 Å². The molecule has 2 nitrogen and oxygen atoms in total. The first kappa shape index (κ1) is 25.4. The van der Waals surface area contributed by atoms with Crippen LogP contribution >= 0.6 is 8.58 Å². The number of benzene rings is 3. The molecule has 0 aromatic heterocycles. The summed E-state index contributed by atoms with van der Waals surface area (Å²) in [7, 11) is 0.108. The fourth-order valence-corrected chi connectivity index (χ4v) is 4.75. The van der Waals surface area contributed by atoms with Gasteiger partial charge in [0.05, 0.1) is 0 Å². The molecule has 0 aliphatic rings. The molecule has 1 atom stereocenters. The molecule has 3 rings (SSSR count). The fraction of sp³-hybridized carbons (Fsp3) is 0.296. The van der Waals surface area contributed by atoms with Crippen LogP contribution in [0.25, 0.3) is 0 Å². The van der Waals surface area contributed by atoms with Crippen molar-refractivity contribution in [3.05, 3.63) is 94.0 Å². The zero-order valence-electron chi connectivity index (χ0n) is 19.8. The summed E-state index contributed by atoms with van der Waals surface area (Å²) in [6, 6.07) is 20.5. The van der Waals surface area contributed by atoms with Crippen molar-refractivity contribution in [2.45, 2.75) is 53.6 Å². The largest absolute Gasteiger partial charge is 0.489 e. The summed E-state index contributed by atoms with van der Waals surface area (Å²) in [6.07, 6.45) is 0. The first-order valence-electron chi connectivity index (χ1n) is 10.4. The number of carbonyl (C=O) groups is 1. The van der Waals surface area contributed by atoms with Crippen molar-refractivity contribution >= 4 is 38.3 Å². The minimum Gasteiger partial charge on any atom is -0.489 e. The number of hydrogen-bond donors (Lipinski definition) is 0. The maximum atomic E-state index is 13.1. The van der Waals surface area contributed by atoms with E-state index in [-0.39, 0.29) is 38.4 Å². The fourth-order valence-electron chi connectivity index (χ4n) is 3.55. The molecule has 1 unspecified atom stereocenters. The summed E-state index contributed by atoms with van der Waals surface area (Å²) < 4.78 is 5.92. The Kier molecular flexibility index (Phi) is 8.73. The SMILES string of the molecule is Cc1cc(OCc2ccccc2)ccc1PC(=O)c1c(C)cc(C(C)(C)C)cc1C.[Li]. The van der Waals surface area contributed by atoms with Crippen molar-refractivity contribution < 1.29 is 9.53 Å². The van der Waals surface area contributed by atoms with E-state index in [1.54, 1.807) is 0 Å². The van der Waals surface area contributed by atoms with Crippen molar-refractivity contribution in [1.29, 1.82) is 0 Å². The quantitative estimate of drug-likeness (QED) is 0.345. The predicted octanol–water partition coefficient (Wildman–Crippen LogP) is 6.25. The Labute approximate surface area is 200 Å². The van der Waals surface area contributed by atoms with Gasteiger partial charge in [0.1, 0.15) is 12.4 Å². The summed E-state index contributed by atoms with van der Waals surface area (Å²) in [4.78, 5) is 13.1. The molecular formula is C27H31LiO2P. The van der Waals surface area contributed by atoms with Crippen LogP contribution in [-0.4, -0.2) is 24.4 Å². The van der Waals surface area contributed by atoms with E-state index in [1.807, 2.05) is 57.2 Å². The Hall–Kier alpha value is -1.84. The van der Waals surface area contributed by atoms with Gasteiger partial charge in [0.2, 0.25) is 0 Å². The van der Waals surface area contributed by atoms with Crippen LogP contribution in [0.15, 0.2) is 60.7 Å². The molecule has 0 amide bonds. The van der Waals surface area contributed by atoms with E-state index in [1.165, 1.54) is 5.56 Å². The van der Waals surface area contributed by atoms with Crippen LogP contribution in [0.5, 0.6) is 5.75 Å². The molecule has 0 fully saturated rings. The smallest absolute Gasteiger partial charge is 0.186 e. The van der Waals surface area contributed by atoms with Gasteiger partial charge in [-0.15, -0.1) is 0 Å². The van der Waals surface area contributed by atoms with E-state index in [0.29, 0.717) is 6.61 Å². The maximum Gasteiger partial charge on any atom is 0.186 e. The van der Waals surface area contributed by atoms with Crippen molar-refractivity contribution in [2.75, 3.05) is 0 Å². The zero-order chi connectivity index (χ0) is 21.9. The molecule has 0 aliphatic heterocycles. The Morgan fingerprint density at radius 1 is 0.871 bits per heavy atom. The van der Waals surface area contributed by atoms with E-state index in [9.17, 15) is 4.79 Å². The zero-order valence-corrected chi connectivity index (χ0v) is 20.8. The number of rotatable bonds is 6. The number of hydrogen-bond acceptors (Lipinski definition) is 2. The summed E-state index contributed by atoms with van der Waals surface area (Å²) >= 11 is 0. The van der Waals surface area contributed by atoms with E-state index in [4.69, 9.17) is 4.74 Å². The predicted molar refractivity (Wildman–Crippen MR) is 135 cm³/mol. The van der Waals surface area contributed by atoms with Crippen LogP contribution in [0.2, 0.25) is 0 Å². The van der Waals surface area contributed by atoms with Gasteiger partial charge in [0.15, 0.2) is 5.52 Å². The summed E-state index contributed by atoms with van der Waals surface area (Å²) in [5.41, 5.74) is 6.78. The van der Waals surface area contributed by atoms with Gasteiger partial charge in [0, 0.05) is 24.4 Å².